The van der Waals surface area contributed by atoms with Gasteiger partial charge in [0.05, 0.1) is 0 Å². The van der Waals surface area contributed by atoms with Gasteiger partial charge in [-0.15, -0.1) is 0 Å². The van der Waals surface area contributed by atoms with E-state index in [1.165, 1.54) is 16.8 Å². The molecule has 21 heavy (non-hydrogen) atoms. The lowest BCUT2D eigenvalue weighted by Crippen LogP contribution is -2.22. The molecule has 0 saturated carbocycles. The Morgan fingerprint density at radius 2 is 1.62 bits per heavy atom. The molecule has 0 aliphatic rings. The van der Waals surface area contributed by atoms with Gasteiger partial charge < -0.3 is 10.2 Å². The van der Waals surface area contributed by atoms with Crippen molar-refractivity contribution in [3.05, 3.63) is 59.9 Å². The largest absolute Gasteiger partial charge is 0.372 e. The van der Waals surface area contributed by atoms with Crippen molar-refractivity contribution >= 4 is 5.69 Å². The van der Waals surface area contributed by atoms with Gasteiger partial charge in [0, 0.05) is 43.8 Å². The van der Waals surface area contributed by atoms with Crippen LogP contribution in [0.25, 0.3) is 0 Å². The highest BCUT2D eigenvalue weighted by molar-refractivity contribution is 5.47. The fraction of sp³-hybridized carbons (Fsp3) is 0.389. The molecule has 1 N–H and O–H groups in total. The second kappa shape index (κ2) is 7.79. The summed E-state index contributed by atoms with van der Waals surface area (Å²) in [6.07, 6.45) is 3.68. The molecule has 0 saturated heterocycles. The topological polar surface area (TPSA) is 28.2 Å². The van der Waals surface area contributed by atoms with Crippen LogP contribution < -0.4 is 10.2 Å². The van der Waals surface area contributed by atoms with Crippen LogP contribution in [0.2, 0.25) is 0 Å². The Balaban J connectivity index is 1.92. The van der Waals surface area contributed by atoms with Gasteiger partial charge in [-0.25, -0.2) is 0 Å². The average molecular weight is 283 g/mol. The number of rotatable bonds is 7. The van der Waals surface area contributed by atoms with Gasteiger partial charge in [0.1, 0.15) is 0 Å². The molecule has 0 unspecified atom stereocenters. The van der Waals surface area contributed by atoms with Crippen LogP contribution in [0, 0.1) is 0 Å². The maximum absolute atomic E-state index is 4.06. The molecule has 2 aromatic rings. The van der Waals surface area contributed by atoms with E-state index in [-0.39, 0.29) is 0 Å². The molecule has 1 aromatic carbocycles. The molecular formula is C18H25N3. The van der Waals surface area contributed by atoms with E-state index in [9.17, 15) is 0 Å². The first-order chi connectivity index (χ1) is 10.2. The Kier molecular flexibility index (Phi) is 5.76. The summed E-state index contributed by atoms with van der Waals surface area (Å²) in [6, 6.07) is 13.3. The molecular weight excluding hydrogens is 258 g/mol. The Hall–Kier alpha value is -1.87. The number of aromatic nitrogens is 1. The van der Waals surface area contributed by atoms with Gasteiger partial charge in [-0.05, 0) is 56.2 Å². The van der Waals surface area contributed by atoms with Crippen molar-refractivity contribution in [2.24, 2.45) is 0 Å². The summed E-state index contributed by atoms with van der Waals surface area (Å²) < 4.78 is 0. The van der Waals surface area contributed by atoms with E-state index >= 15 is 0 Å². The number of nitrogens with zero attached hydrogens (tertiary/aromatic N) is 2. The van der Waals surface area contributed by atoms with E-state index in [0.29, 0.717) is 6.04 Å². The molecule has 2 rings (SSSR count). The first-order valence-electron chi connectivity index (χ1n) is 7.71. The van der Waals surface area contributed by atoms with Crippen molar-refractivity contribution in [1.82, 2.24) is 10.3 Å². The maximum Gasteiger partial charge on any atom is 0.0366 e. The van der Waals surface area contributed by atoms with Crippen LogP contribution in [0.3, 0.4) is 0 Å². The Morgan fingerprint density at radius 3 is 2.19 bits per heavy atom. The number of hydrogen-bond donors (Lipinski definition) is 1. The van der Waals surface area contributed by atoms with Crippen LogP contribution in [0.15, 0.2) is 48.8 Å². The van der Waals surface area contributed by atoms with Crippen LogP contribution in [0.5, 0.6) is 0 Å². The van der Waals surface area contributed by atoms with Crippen LogP contribution in [-0.4, -0.2) is 18.1 Å². The van der Waals surface area contributed by atoms with E-state index in [1.54, 1.807) is 0 Å². The third kappa shape index (κ3) is 4.30. The van der Waals surface area contributed by atoms with Crippen LogP contribution in [0.4, 0.5) is 5.69 Å². The molecule has 0 aliphatic carbocycles. The number of pyridine rings is 1. The molecule has 0 bridgehead atoms. The molecule has 0 radical (unpaired) electrons. The highest BCUT2D eigenvalue weighted by Crippen LogP contribution is 2.16. The average Bonchev–Trinajstić information content (AvgIpc) is 2.55. The Bertz CT molecular complexity index is 518. The summed E-state index contributed by atoms with van der Waals surface area (Å²) in [4.78, 5) is 6.41. The van der Waals surface area contributed by atoms with Gasteiger partial charge in [0.25, 0.3) is 0 Å². The smallest absolute Gasteiger partial charge is 0.0366 e. The summed E-state index contributed by atoms with van der Waals surface area (Å²) in [5.41, 5.74) is 3.88. The predicted octanol–water partition coefficient (Wildman–Crippen LogP) is 3.78. The van der Waals surface area contributed by atoms with Gasteiger partial charge >= 0.3 is 0 Å². The summed E-state index contributed by atoms with van der Waals surface area (Å²) in [5, 5.41) is 3.55. The van der Waals surface area contributed by atoms with Crippen molar-refractivity contribution in [1.29, 1.82) is 0 Å². The zero-order valence-corrected chi connectivity index (χ0v) is 13.2. The maximum atomic E-state index is 4.06. The van der Waals surface area contributed by atoms with Crippen molar-refractivity contribution in [3.63, 3.8) is 0 Å². The predicted molar refractivity (Wildman–Crippen MR) is 89.5 cm³/mol. The summed E-state index contributed by atoms with van der Waals surface area (Å²) in [7, 11) is 0. The van der Waals surface area contributed by atoms with Crippen LogP contribution in [-0.2, 0) is 6.54 Å². The molecule has 0 spiro atoms. The quantitative estimate of drug-likeness (QED) is 0.838. The molecule has 3 heteroatoms. The van der Waals surface area contributed by atoms with Gasteiger partial charge in [-0.3, -0.25) is 4.98 Å². The summed E-state index contributed by atoms with van der Waals surface area (Å²) in [5.74, 6) is 0. The molecule has 1 atom stereocenters. The van der Waals surface area contributed by atoms with Gasteiger partial charge in [0.2, 0.25) is 0 Å². The van der Waals surface area contributed by atoms with Crippen molar-refractivity contribution in [2.45, 2.75) is 33.4 Å². The minimum absolute atomic E-state index is 0.329. The van der Waals surface area contributed by atoms with Crippen molar-refractivity contribution in [2.75, 3.05) is 18.0 Å². The fourth-order valence-corrected chi connectivity index (χ4v) is 2.45. The second-order valence-electron chi connectivity index (χ2n) is 5.22. The third-order valence-electron chi connectivity index (χ3n) is 3.88. The fourth-order valence-electron chi connectivity index (χ4n) is 2.45. The lowest BCUT2D eigenvalue weighted by atomic mass is 10.1. The lowest BCUT2D eigenvalue weighted by Gasteiger charge is -2.21. The first kappa shape index (κ1) is 15.5. The second-order valence-corrected chi connectivity index (χ2v) is 5.22. The number of benzene rings is 1. The molecule has 112 valence electrons. The lowest BCUT2D eigenvalue weighted by molar-refractivity contribution is 0.574. The summed E-state index contributed by atoms with van der Waals surface area (Å²) in [6.45, 7) is 9.53. The van der Waals surface area contributed by atoms with Gasteiger partial charge in [-0.1, -0.05) is 12.1 Å². The minimum atomic E-state index is 0.329. The zero-order valence-electron chi connectivity index (χ0n) is 13.2. The standard InChI is InChI=1S/C18H25N3/c1-4-21(5-2)18-8-6-16(7-9-18)14-20-15(3)17-10-12-19-13-11-17/h6-13,15,20H,4-5,14H2,1-3H3/t15-/m0/s1. The minimum Gasteiger partial charge on any atom is -0.372 e. The van der Waals surface area contributed by atoms with E-state index in [4.69, 9.17) is 0 Å². The normalized spacial score (nSPS) is 12.1. The molecule has 0 aliphatic heterocycles. The van der Waals surface area contributed by atoms with E-state index in [2.05, 4.69) is 72.4 Å². The summed E-state index contributed by atoms with van der Waals surface area (Å²) >= 11 is 0. The molecule has 0 amide bonds. The van der Waals surface area contributed by atoms with Crippen LogP contribution >= 0.6 is 0 Å². The van der Waals surface area contributed by atoms with E-state index < -0.39 is 0 Å². The van der Waals surface area contributed by atoms with E-state index in [1.807, 2.05) is 12.4 Å². The zero-order chi connectivity index (χ0) is 15.1. The molecule has 0 fully saturated rings. The van der Waals surface area contributed by atoms with E-state index in [0.717, 1.165) is 19.6 Å². The van der Waals surface area contributed by atoms with Gasteiger partial charge in [0.15, 0.2) is 0 Å². The van der Waals surface area contributed by atoms with Crippen molar-refractivity contribution < 1.29 is 0 Å². The van der Waals surface area contributed by atoms with Crippen LogP contribution in [0.1, 0.15) is 37.9 Å². The molecule has 1 heterocycles. The first-order valence-corrected chi connectivity index (χ1v) is 7.71. The Labute approximate surface area is 128 Å². The third-order valence-corrected chi connectivity index (χ3v) is 3.88. The number of hydrogen-bond acceptors (Lipinski definition) is 3. The number of anilines is 1. The highest BCUT2D eigenvalue weighted by Gasteiger charge is 2.05. The SMILES string of the molecule is CCN(CC)c1ccc(CN[C@@H](C)c2ccncc2)cc1. The molecule has 3 nitrogen and oxygen atoms in total. The molecule has 1 aromatic heterocycles. The number of nitrogens with one attached hydrogen (secondary N) is 1. The van der Waals surface area contributed by atoms with Crippen molar-refractivity contribution in [3.8, 4) is 0 Å². The monoisotopic (exact) mass is 283 g/mol. The highest BCUT2D eigenvalue weighted by atomic mass is 15.1. The van der Waals surface area contributed by atoms with Gasteiger partial charge in [-0.2, -0.15) is 0 Å². The Morgan fingerprint density at radius 1 is 1.00 bits per heavy atom.